The largest absolute Gasteiger partial charge is 0.496 e. The minimum Gasteiger partial charge on any atom is -0.496 e. The SMILES string of the molecule is CNC(Cc1ncc(C)c(OC)c1C)c1ncccc1Br. The second-order valence-corrected chi connectivity index (χ2v) is 5.82. The van der Waals surface area contributed by atoms with E-state index in [0.29, 0.717) is 0 Å². The van der Waals surface area contributed by atoms with Gasteiger partial charge in [-0.2, -0.15) is 0 Å². The number of methoxy groups -OCH3 is 1. The fourth-order valence-corrected chi connectivity index (χ4v) is 2.99. The molecule has 0 radical (unpaired) electrons. The second-order valence-electron chi connectivity index (χ2n) is 4.96. The van der Waals surface area contributed by atoms with Crippen LogP contribution in [-0.4, -0.2) is 24.1 Å². The summed E-state index contributed by atoms with van der Waals surface area (Å²) in [5, 5.41) is 3.31. The van der Waals surface area contributed by atoms with Gasteiger partial charge in [0, 0.05) is 40.1 Å². The van der Waals surface area contributed by atoms with Crippen LogP contribution in [0.3, 0.4) is 0 Å². The maximum Gasteiger partial charge on any atom is 0.128 e. The number of halogens is 1. The van der Waals surface area contributed by atoms with Gasteiger partial charge in [0.15, 0.2) is 0 Å². The Kier molecular flexibility index (Phi) is 5.31. The molecule has 1 unspecified atom stereocenters. The zero-order valence-corrected chi connectivity index (χ0v) is 14.4. The van der Waals surface area contributed by atoms with Crippen LogP contribution < -0.4 is 10.1 Å². The topological polar surface area (TPSA) is 47.0 Å². The van der Waals surface area contributed by atoms with Crippen LogP contribution >= 0.6 is 15.9 Å². The highest BCUT2D eigenvalue weighted by atomic mass is 79.9. The lowest BCUT2D eigenvalue weighted by Crippen LogP contribution is -2.21. The molecule has 2 heterocycles. The molecule has 0 bridgehead atoms. The Balaban J connectivity index is 2.34. The smallest absolute Gasteiger partial charge is 0.128 e. The summed E-state index contributed by atoms with van der Waals surface area (Å²) in [6.07, 6.45) is 4.43. The van der Waals surface area contributed by atoms with Gasteiger partial charge in [-0.25, -0.2) is 0 Å². The molecule has 1 atom stereocenters. The van der Waals surface area contributed by atoms with Crippen molar-refractivity contribution in [2.75, 3.05) is 14.2 Å². The molecule has 21 heavy (non-hydrogen) atoms. The number of aryl methyl sites for hydroxylation is 1. The molecule has 112 valence electrons. The fourth-order valence-electron chi connectivity index (χ4n) is 2.46. The molecule has 0 aliphatic rings. The molecule has 0 aromatic carbocycles. The molecule has 0 amide bonds. The first-order valence-corrected chi connectivity index (χ1v) is 7.64. The van der Waals surface area contributed by atoms with Gasteiger partial charge < -0.3 is 10.1 Å². The molecule has 0 fully saturated rings. The maximum atomic E-state index is 5.48. The van der Waals surface area contributed by atoms with Crippen molar-refractivity contribution in [1.82, 2.24) is 15.3 Å². The van der Waals surface area contributed by atoms with E-state index in [0.717, 1.165) is 39.2 Å². The first kappa shape index (κ1) is 15.9. The lowest BCUT2D eigenvalue weighted by atomic mass is 10.0. The standard InChI is InChI=1S/C16H20BrN3O/c1-10-9-20-13(11(2)16(10)21-4)8-14(18-3)15-12(17)6-5-7-19-15/h5-7,9,14,18H,8H2,1-4H3. The van der Waals surface area contributed by atoms with Crippen molar-refractivity contribution in [3.8, 4) is 5.75 Å². The predicted molar refractivity (Wildman–Crippen MR) is 87.7 cm³/mol. The van der Waals surface area contributed by atoms with Gasteiger partial charge in [0.05, 0.1) is 18.8 Å². The Morgan fingerprint density at radius 1 is 1.33 bits per heavy atom. The predicted octanol–water partition coefficient (Wildman–Crippen LogP) is 3.37. The van der Waals surface area contributed by atoms with Crippen LogP contribution in [-0.2, 0) is 6.42 Å². The van der Waals surface area contributed by atoms with Gasteiger partial charge in [0.2, 0.25) is 0 Å². The summed E-state index contributed by atoms with van der Waals surface area (Å²) in [5.41, 5.74) is 4.15. The molecule has 0 aliphatic heterocycles. The highest BCUT2D eigenvalue weighted by Gasteiger charge is 2.18. The summed E-state index contributed by atoms with van der Waals surface area (Å²) in [5.74, 6) is 0.912. The van der Waals surface area contributed by atoms with Crippen molar-refractivity contribution < 1.29 is 4.74 Å². The molecular weight excluding hydrogens is 330 g/mol. The van der Waals surface area contributed by atoms with E-state index in [2.05, 4.69) is 31.2 Å². The summed E-state index contributed by atoms with van der Waals surface area (Å²) in [4.78, 5) is 9.03. The van der Waals surface area contributed by atoms with E-state index in [1.54, 1.807) is 13.3 Å². The molecule has 0 spiro atoms. The number of likely N-dealkylation sites (N-methyl/N-ethyl adjacent to an activating group) is 1. The number of aromatic nitrogens is 2. The third-order valence-corrected chi connectivity index (χ3v) is 4.28. The summed E-state index contributed by atoms with van der Waals surface area (Å²) in [6, 6.07) is 4.01. The van der Waals surface area contributed by atoms with Crippen LogP contribution in [0.15, 0.2) is 29.0 Å². The molecule has 4 nitrogen and oxygen atoms in total. The maximum absolute atomic E-state index is 5.48. The zero-order chi connectivity index (χ0) is 15.4. The normalized spacial score (nSPS) is 12.2. The minimum absolute atomic E-state index is 0.0965. The van der Waals surface area contributed by atoms with Gasteiger partial charge in [0.1, 0.15) is 5.75 Å². The molecule has 5 heteroatoms. The first-order valence-electron chi connectivity index (χ1n) is 6.85. The molecule has 0 saturated heterocycles. The quantitative estimate of drug-likeness (QED) is 0.898. The Labute approximate surface area is 134 Å². The van der Waals surface area contributed by atoms with Crippen molar-refractivity contribution in [2.24, 2.45) is 0 Å². The number of pyridine rings is 2. The number of hydrogen-bond donors (Lipinski definition) is 1. The highest BCUT2D eigenvalue weighted by molar-refractivity contribution is 9.10. The average molecular weight is 350 g/mol. The number of hydrogen-bond acceptors (Lipinski definition) is 4. The molecule has 1 N–H and O–H groups in total. The molecule has 0 aliphatic carbocycles. The fraction of sp³-hybridized carbons (Fsp3) is 0.375. The van der Waals surface area contributed by atoms with Crippen molar-refractivity contribution in [3.05, 3.63) is 51.5 Å². The van der Waals surface area contributed by atoms with Gasteiger partial charge in [-0.3, -0.25) is 9.97 Å². The van der Waals surface area contributed by atoms with Crippen LogP contribution in [0.1, 0.15) is 28.6 Å². The number of rotatable bonds is 5. The van der Waals surface area contributed by atoms with E-state index in [-0.39, 0.29) is 6.04 Å². The van der Waals surface area contributed by atoms with E-state index < -0.39 is 0 Å². The second kappa shape index (κ2) is 7.00. The third-order valence-electron chi connectivity index (χ3n) is 3.61. The molecule has 2 aromatic heterocycles. The molecular formula is C16H20BrN3O. The van der Waals surface area contributed by atoms with Gasteiger partial charge in [-0.1, -0.05) is 0 Å². The van der Waals surface area contributed by atoms with Crippen molar-refractivity contribution in [2.45, 2.75) is 26.3 Å². The number of nitrogens with one attached hydrogen (secondary N) is 1. The summed E-state index contributed by atoms with van der Waals surface area (Å²) in [7, 11) is 3.64. The molecule has 0 saturated carbocycles. The van der Waals surface area contributed by atoms with Gasteiger partial charge >= 0.3 is 0 Å². The first-order chi connectivity index (χ1) is 10.1. The van der Waals surface area contributed by atoms with Crippen molar-refractivity contribution >= 4 is 15.9 Å². The Hall–Kier alpha value is -1.46. The lowest BCUT2D eigenvalue weighted by molar-refractivity contribution is 0.406. The van der Waals surface area contributed by atoms with Crippen LogP contribution in [0.5, 0.6) is 5.75 Å². The summed E-state index contributed by atoms with van der Waals surface area (Å²) >= 11 is 3.56. The van der Waals surface area contributed by atoms with Crippen LogP contribution in [0.25, 0.3) is 0 Å². The zero-order valence-electron chi connectivity index (χ0n) is 12.8. The van der Waals surface area contributed by atoms with Crippen LogP contribution in [0, 0.1) is 13.8 Å². The molecule has 2 rings (SSSR count). The van der Waals surface area contributed by atoms with Gasteiger partial charge in [-0.05, 0) is 49.0 Å². The van der Waals surface area contributed by atoms with Crippen molar-refractivity contribution in [3.63, 3.8) is 0 Å². The van der Waals surface area contributed by atoms with Crippen LogP contribution in [0.2, 0.25) is 0 Å². The van der Waals surface area contributed by atoms with E-state index in [4.69, 9.17) is 4.74 Å². The van der Waals surface area contributed by atoms with Gasteiger partial charge in [-0.15, -0.1) is 0 Å². The highest BCUT2D eigenvalue weighted by Crippen LogP contribution is 2.28. The number of nitrogens with zero attached hydrogens (tertiary/aromatic N) is 2. The monoisotopic (exact) mass is 349 g/mol. The molecule has 2 aromatic rings. The van der Waals surface area contributed by atoms with Crippen LogP contribution in [0.4, 0.5) is 0 Å². The minimum atomic E-state index is 0.0965. The average Bonchev–Trinajstić information content (AvgIpc) is 2.48. The van der Waals surface area contributed by atoms with E-state index >= 15 is 0 Å². The lowest BCUT2D eigenvalue weighted by Gasteiger charge is -2.19. The Morgan fingerprint density at radius 2 is 2.10 bits per heavy atom. The van der Waals surface area contributed by atoms with E-state index in [9.17, 15) is 0 Å². The Bertz CT molecular complexity index is 631. The van der Waals surface area contributed by atoms with E-state index in [1.165, 1.54) is 0 Å². The number of ether oxygens (including phenoxy) is 1. The summed E-state index contributed by atoms with van der Waals surface area (Å²) < 4.78 is 6.48. The third kappa shape index (κ3) is 3.41. The van der Waals surface area contributed by atoms with E-state index in [1.807, 2.05) is 39.2 Å². The van der Waals surface area contributed by atoms with Gasteiger partial charge in [0.25, 0.3) is 0 Å². The van der Waals surface area contributed by atoms with Crippen molar-refractivity contribution in [1.29, 1.82) is 0 Å². The Morgan fingerprint density at radius 3 is 2.71 bits per heavy atom. The summed E-state index contributed by atoms with van der Waals surface area (Å²) in [6.45, 7) is 4.06.